The van der Waals surface area contributed by atoms with Crippen LogP contribution in [0.5, 0.6) is 0 Å². The summed E-state index contributed by atoms with van der Waals surface area (Å²) in [5, 5.41) is 0. The van der Waals surface area contributed by atoms with Crippen molar-refractivity contribution in [3.05, 3.63) is 12.2 Å². The number of hydrogen-bond acceptors (Lipinski definition) is 2. The summed E-state index contributed by atoms with van der Waals surface area (Å²) in [6, 6.07) is 0. The standard InChI is InChI=1S/C6H8O2/c1-2-3-4-6(8)5-7/h3-5H,2H2,1H3. The van der Waals surface area contributed by atoms with E-state index in [1.165, 1.54) is 6.08 Å². The van der Waals surface area contributed by atoms with E-state index in [4.69, 9.17) is 0 Å². The highest BCUT2D eigenvalue weighted by Gasteiger charge is 1.85. The molecule has 0 radical (unpaired) electrons. The Morgan fingerprint density at radius 3 is 2.62 bits per heavy atom. The van der Waals surface area contributed by atoms with Crippen molar-refractivity contribution in [1.82, 2.24) is 0 Å². The first-order chi connectivity index (χ1) is 3.81. The van der Waals surface area contributed by atoms with E-state index < -0.39 is 5.78 Å². The molecule has 0 spiro atoms. The Kier molecular flexibility index (Phi) is 3.76. The minimum absolute atomic E-state index is 0.298. The molecule has 0 unspecified atom stereocenters. The van der Waals surface area contributed by atoms with Crippen LogP contribution in [0.25, 0.3) is 0 Å². The van der Waals surface area contributed by atoms with E-state index in [-0.39, 0.29) is 0 Å². The summed E-state index contributed by atoms with van der Waals surface area (Å²) in [5.41, 5.74) is 0. The first kappa shape index (κ1) is 7.08. The molecule has 0 saturated heterocycles. The van der Waals surface area contributed by atoms with Crippen LogP contribution in [0.3, 0.4) is 0 Å². The Labute approximate surface area is 48.2 Å². The van der Waals surface area contributed by atoms with Gasteiger partial charge in [0.25, 0.3) is 0 Å². The average Bonchev–Trinajstić information content (AvgIpc) is 1.83. The molecule has 0 rings (SSSR count). The number of aldehydes is 1. The van der Waals surface area contributed by atoms with Crippen molar-refractivity contribution in [1.29, 1.82) is 0 Å². The molecule has 0 heterocycles. The molecule has 44 valence electrons. The molecule has 0 aromatic rings. The molecule has 0 aliphatic rings. The molecular weight excluding hydrogens is 104 g/mol. The number of carbonyl (C=O) groups is 2. The molecule has 0 N–H and O–H groups in total. The Bertz CT molecular complexity index is 114. The maximum atomic E-state index is 10.1. The fourth-order valence-electron chi connectivity index (χ4n) is 0.273. The third-order valence-corrected chi connectivity index (χ3v) is 0.634. The Balaban J connectivity index is 3.52. The van der Waals surface area contributed by atoms with Gasteiger partial charge in [0.15, 0.2) is 6.29 Å². The molecule has 0 aliphatic heterocycles. The van der Waals surface area contributed by atoms with Gasteiger partial charge < -0.3 is 0 Å². The molecule has 0 aliphatic carbocycles. The largest absolute Gasteiger partial charge is 0.294 e. The zero-order valence-electron chi connectivity index (χ0n) is 4.76. The topological polar surface area (TPSA) is 34.1 Å². The third kappa shape index (κ3) is 3.28. The van der Waals surface area contributed by atoms with Gasteiger partial charge >= 0.3 is 0 Å². The lowest BCUT2D eigenvalue weighted by Crippen LogP contribution is -1.90. The first-order valence-corrected chi connectivity index (χ1v) is 2.47. The van der Waals surface area contributed by atoms with Gasteiger partial charge in [0.05, 0.1) is 0 Å². The van der Waals surface area contributed by atoms with Gasteiger partial charge in [-0.2, -0.15) is 0 Å². The van der Waals surface area contributed by atoms with Crippen LogP contribution >= 0.6 is 0 Å². The summed E-state index contributed by atoms with van der Waals surface area (Å²) in [5.74, 6) is -0.466. The molecule has 0 atom stereocenters. The number of hydrogen-bond donors (Lipinski definition) is 0. The van der Waals surface area contributed by atoms with Crippen LogP contribution in [0.15, 0.2) is 12.2 Å². The van der Waals surface area contributed by atoms with E-state index in [0.717, 1.165) is 6.42 Å². The fourth-order valence-corrected chi connectivity index (χ4v) is 0.273. The second kappa shape index (κ2) is 4.24. The maximum Gasteiger partial charge on any atom is 0.217 e. The monoisotopic (exact) mass is 112 g/mol. The van der Waals surface area contributed by atoms with E-state index in [2.05, 4.69) is 0 Å². The molecule has 0 aromatic carbocycles. The highest BCUT2D eigenvalue weighted by Crippen LogP contribution is 1.77. The van der Waals surface area contributed by atoms with Gasteiger partial charge in [-0.1, -0.05) is 13.0 Å². The second-order valence-corrected chi connectivity index (χ2v) is 1.33. The van der Waals surface area contributed by atoms with Crippen molar-refractivity contribution in [2.45, 2.75) is 13.3 Å². The van der Waals surface area contributed by atoms with Gasteiger partial charge in [-0.3, -0.25) is 9.59 Å². The third-order valence-electron chi connectivity index (χ3n) is 0.634. The van der Waals surface area contributed by atoms with Crippen molar-refractivity contribution in [3.63, 3.8) is 0 Å². The SMILES string of the molecule is CCC=CC(=O)C=O. The van der Waals surface area contributed by atoms with Crippen LogP contribution in [-0.4, -0.2) is 12.1 Å². The first-order valence-electron chi connectivity index (χ1n) is 2.47. The quantitative estimate of drug-likeness (QED) is 0.306. The molecule has 0 saturated carbocycles. The number of ketones is 1. The smallest absolute Gasteiger partial charge is 0.217 e. The number of rotatable bonds is 3. The average molecular weight is 112 g/mol. The van der Waals surface area contributed by atoms with Crippen molar-refractivity contribution >= 4 is 12.1 Å². The molecule has 0 fully saturated rings. The van der Waals surface area contributed by atoms with Crippen molar-refractivity contribution in [2.24, 2.45) is 0 Å². The van der Waals surface area contributed by atoms with Crippen LogP contribution in [0.4, 0.5) is 0 Å². The van der Waals surface area contributed by atoms with Gasteiger partial charge in [0.2, 0.25) is 5.78 Å². The van der Waals surface area contributed by atoms with Crippen molar-refractivity contribution < 1.29 is 9.59 Å². The summed E-state index contributed by atoms with van der Waals surface area (Å²) in [6.45, 7) is 1.90. The predicted octanol–water partition coefficient (Wildman–Crippen LogP) is 0.721. The molecule has 0 bridgehead atoms. The maximum absolute atomic E-state index is 10.1. The van der Waals surface area contributed by atoms with Crippen molar-refractivity contribution in [3.8, 4) is 0 Å². The molecule has 0 amide bonds. The Morgan fingerprint density at radius 1 is 1.62 bits per heavy atom. The lowest BCUT2D eigenvalue weighted by Gasteiger charge is -1.73. The normalized spacial score (nSPS) is 9.62. The minimum Gasteiger partial charge on any atom is -0.294 e. The van der Waals surface area contributed by atoms with E-state index in [1.54, 1.807) is 6.08 Å². The van der Waals surface area contributed by atoms with Gasteiger partial charge in [-0.05, 0) is 12.5 Å². The van der Waals surface area contributed by atoms with Crippen LogP contribution in [0.2, 0.25) is 0 Å². The zero-order valence-corrected chi connectivity index (χ0v) is 4.76. The summed E-state index contributed by atoms with van der Waals surface area (Å²) in [6.07, 6.45) is 4.01. The summed E-state index contributed by atoms with van der Waals surface area (Å²) < 4.78 is 0. The summed E-state index contributed by atoms with van der Waals surface area (Å²) >= 11 is 0. The van der Waals surface area contributed by atoms with Crippen LogP contribution in [0, 0.1) is 0 Å². The number of carbonyl (C=O) groups excluding carboxylic acids is 2. The Morgan fingerprint density at radius 2 is 2.25 bits per heavy atom. The summed E-state index contributed by atoms with van der Waals surface area (Å²) in [7, 11) is 0. The van der Waals surface area contributed by atoms with E-state index in [9.17, 15) is 9.59 Å². The van der Waals surface area contributed by atoms with E-state index in [1.807, 2.05) is 6.92 Å². The highest BCUT2D eigenvalue weighted by molar-refractivity contribution is 6.30. The predicted molar refractivity (Wildman–Crippen MR) is 30.5 cm³/mol. The van der Waals surface area contributed by atoms with E-state index >= 15 is 0 Å². The molecule has 8 heavy (non-hydrogen) atoms. The van der Waals surface area contributed by atoms with Crippen LogP contribution in [0.1, 0.15) is 13.3 Å². The lowest BCUT2D eigenvalue weighted by molar-refractivity contribution is -0.126. The summed E-state index contributed by atoms with van der Waals surface area (Å²) in [4.78, 5) is 19.7. The Hall–Kier alpha value is -0.920. The highest BCUT2D eigenvalue weighted by atomic mass is 16.2. The molecule has 0 aromatic heterocycles. The van der Waals surface area contributed by atoms with Gasteiger partial charge in [0, 0.05) is 0 Å². The lowest BCUT2D eigenvalue weighted by atomic mass is 10.3. The minimum atomic E-state index is -0.466. The molecule has 2 heteroatoms. The second-order valence-electron chi connectivity index (χ2n) is 1.33. The van der Waals surface area contributed by atoms with E-state index in [0.29, 0.717) is 6.29 Å². The molecular formula is C6H8O2. The fraction of sp³-hybridized carbons (Fsp3) is 0.333. The van der Waals surface area contributed by atoms with Crippen molar-refractivity contribution in [2.75, 3.05) is 0 Å². The van der Waals surface area contributed by atoms with Crippen LogP contribution in [-0.2, 0) is 9.59 Å². The van der Waals surface area contributed by atoms with Gasteiger partial charge in [-0.15, -0.1) is 0 Å². The van der Waals surface area contributed by atoms with Gasteiger partial charge in [0.1, 0.15) is 0 Å². The van der Waals surface area contributed by atoms with Gasteiger partial charge in [-0.25, -0.2) is 0 Å². The zero-order chi connectivity index (χ0) is 6.41. The number of allylic oxidation sites excluding steroid dienone is 2. The van der Waals surface area contributed by atoms with Crippen LogP contribution < -0.4 is 0 Å². The molecule has 2 nitrogen and oxygen atoms in total.